The molecule has 1 aromatic carbocycles. The zero-order valence-electron chi connectivity index (χ0n) is 15.7. The Morgan fingerprint density at radius 3 is 2.64 bits per heavy atom. The molecule has 0 bridgehead atoms. The number of carbonyl (C=O) groups is 2. The van der Waals surface area contributed by atoms with Gasteiger partial charge >= 0.3 is 6.03 Å². The summed E-state index contributed by atoms with van der Waals surface area (Å²) in [6.45, 7) is 4.51. The number of aromatic nitrogens is 1. The molecule has 0 radical (unpaired) electrons. The maximum Gasteiger partial charge on any atom is 0.322 e. The lowest BCUT2D eigenvalue weighted by Crippen LogP contribution is -2.39. The van der Waals surface area contributed by atoms with E-state index < -0.39 is 0 Å². The minimum atomic E-state index is -0.274. The SMILES string of the molecule is CC(C)N(Cc1nc(C(=O)NCc2ccco2)cs1)C(=O)Nc1ccccc1. The normalized spacial score (nSPS) is 10.7. The third-order valence-corrected chi connectivity index (χ3v) is 4.84. The van der Waals surface area contributed by atoms with Crippen molar-refractivity contribution in [3.63, 3.8) is 0 Å². The van der Waals surface area contributed by atoms with E-state index in [1.54, 1.807) is 28.7 Å². The van der Waals surface area contributed by atoms with Gasteiger partial charge in [0, 0.05) is 17.1 Å². The lowest BCUT2D eigenvalue weighted by Gasteiger charge is -2.26. The van der Waals surface area contributed by atoms with E-state index in [2.05, 4.69) is 15.6 Å². The standard InChI is InChI=1S/C20H22N4O3S/c1-14(2)24(20(26)22-15-7-4-3-5-8-15)12-18-23-17(13-28-18)19(25)21-11-16-9-6-10-27-16/h3-10,13-14H,11-12H2,1-2H3,(H,21,25)(H,22,26). The van der Waals surface area contributed by atoms with Gasteiger partial charge in [-0.3, -0.25) is 4.79 Å². The lowest BCUT2D eigenvalue weighted by molar-refractivity contribution is 0.0943. The van der Waals surface area contributed by atoms with Crippen molar-refractivity contribution in [2.24, 2.45) is 0 Å². The summed E-state index contributed by atoms with van der Waals surface area (Å²) in [5.74, 6) is 0.399. The molecule has 0 aliphatic rings. The first-order valence-electron chi connectivity index (χ1n) is 8.90. The number of thiazole rings is 1. The molecule has 3 rings (SSSR count). The van der Waals surface area contributed by atoms with Gasteiger partial charge in [0.2, 0.25) is 0 Å². The van der Waals surface area contributed by atoms with Gasteiger partial charge in [-0.2, -0.15) is 0 Å². The van der Waals surface area contributed by atoms with Gasteiger partial charge in [-0.05, 0) is 38.1 Å². The molecule has 7 nitrogen and oxygen atoms in total. The van der Waals surface area contributed by atoms with E-state index in [1.165, 1.54) is 11.3 Å². The monoisotopic (exact) mass is 398 g/mol. The maximum atomic E-state index is 12.6. The van der Waals surface area contributed by atoms with Crippen LogP contribution in [0.4, 0.5) is 10.5 Å². The van der Waals surface area contributed by atoms with Gasteiger partial charge in [0.25, 0.3) is 5.91 Å². The van der Waals surface area contributed by atoms with Crippen LogP contribution in [0, 0.1) is 0 Å². The number of furan rings is 1. The molecule has 0 saturated heterocycles. The number of para-hydroxylation sites is 1. The molecule has 8 heteroatoms. The maximum absolute atomic E-state index is 12.6. The Morgan fingerprint density at radius 2 is 1.96 bits per heavy atom. The zero-order chi connectivity index (χ0) is 19.9. The highest BCUT2D eigenvalue weighted by Crippen LogP contribution is 2.16. The molecule has 0 spiro atoms. The molecule has 146 valence electrons. The molecule has 2 heterocycles. The van der Waals surface area contributed by atoms with E-state index >= 15 is 0 Å². The topological polar surface area (TPSA) is 87.5 Å². The first-order chi connectivity index (χ1) is 13.5. The Bertz CT molecular complexity index is 907. The van der Waals surface area contributed by atoms with E-state index in [0.717, 1.165) is 5.69 Å². The molecule has 28 heavy (non-hydrogen) atoms. The van der Waals surface area contributed by atoms with Gasteiger partial charge in [0.1, 0.15) is 16.5 Å². The van der Waals surface area contributed by atoms with Crippen LogP contribution in [0.1, 0.15) is 35.1 Å². The number of hydrogen-bond acceptors (Lipinski definition) is 5. The molecule has 0 unspecified atom stereocenters. The molecule has 3 aromatic rings. The van der Waals surface area contributed by atoms with Crippen molar-refractivity contribution in [1.29, 1.82) is 0 Å². The van der Waals surface area contributed by atoms with E-state index in [0.29, 0.717) is 29.6 Å². The van der Waals surface area contributed by atoms with E-state index in [1.807, 2.05) is 44.2 Å². The van der Waals surface area contributed by atoms with Crippen molar-refractivity contribution in [3.05, 3.63) is 70.6 Å². The summed E-state index contributed by atoms with van der Waals surface area (Å²) < 4.78 is 5.20. The second-order valence-electron chi connectivity index (χ2n) is 6.41. The average Bonchev–Trinajstić information content (AvgIpc) is 3.36. The fourth-order valence-corrected chi connectivity index (χ4v) is 3.28. The number of anilines is 1. The Kier molecular flexibility index (Phi) is 6.44. The highest BCUT2D eigenvalue weighted by atomic mass is 32.1. The van der Waals surface area contributed by atoms with Gasteiger partial charge in [0.15, 0.2) is 0 Å². The molecule has 0 aliphatic carbocycles. The summed E-state index contributed by atoms with van der Waals surface area (Å²) in [7, 11) is 0. The van der Waals surface area contributed by atoms with E-state index in [9.17, 15) is 9.59 Å². The minimum Gasteiger partial charge on any atom is -0.467 e. The fourth-order valence-electron chi connectivity index (χ4n) is 2.51. The Labute approximate surface area is 167 Å². The van der Waals surface area contributed by atoms with Gasteiger partial charge in [0.05, 0.1) is 19.4 Å². The minimum absolute atomic E-state index is 0.0242. The van der Waals surface area contributed by atoms with Crippen molar-refractivity contribution in [1.82, 2.24) is 15.2 Å². The molecule has 2 N–H and O–H groups in total. The van der Waals surface area contributed by atoms with Crippen molar-refractivity contribution >= 4 is 29.0 Å². The highest BCUT2D eigenvalue weighted by Gasteiger charge is 2.20. The molecular weight excluding hydrogens is 376 g/mol. The van der Waals surface area contributed by atoms with Gasteiger partial charge in [-0.1, -0.05) is 18.2 Å². The summed E-state index contributed by atoms with van der Waals surface area (Å²) in [6.07, 6.45) is 1.56. The second-order valence-corrected chi connectivity index (χ2v) is 7.35. The molecule has 0 fully saturated rings. The van der Waals surface area contributed by atoms with E-state index in [4.69, 9.17) is 4.42 Å². The van der Waals surface area contributed by atoms with Crippen LogP contribution in [0.5, 0.6) is 0 Å². The summed E-state index contributed by atoms with van der Waals surface area (Å²) in [6, 6.07) is 12.6. The second kappa shape index (κ2) is 9.18. The summed E-state index contributed by atoms with van der Waals surface area (Å²) in [5, 5.41) is 8.04. The van der Waals surface area contributed by atoms with Crippen molar-refractivity contribution < 1.29 is 14.0 Å². The Hall–Kier alpha value is -3.13. The zero-order valence-corrected chi connectivity index (χ0v) is 16.5. The number of nitrogens with zero attached hydrogens (tertiary/aromatic N) is 2. The van der Waals surface area contributed by atoms with Crippen LogP contribution in [0.2, 0.25) is 0 Å². The van der Waals surface area contributed by atoms with Crippen LogP contribution in [0.15, 0.2) is 58.5 Å². The van der Waals surface area contributed by atoms with Crippen LogP contribution in [0.25, 0.3) is 0 Å². The average molecular weight is 398 g/mol. The number of urea groups is 1. The molecular formula is C20H22N4O3S. The highest BCUT2D eigenvalue weighted by molar-refractivity contribution is 7.09. The number of hydrogen-bond donors (Lipinski definition) is 2. The fraction of sp³-hybridized carbons (Fsp3) is 0.250. The number of amides is 3. The smallest absolute Gasteiger partial charge is 0.322 e. The first-order valence-corrected chi connectivity index (χ1v) is 9.78. The van der Waals surface area contributed by atoms with Crippen molar-refractivity contribution in [2.45, 2.75) is 33.0 Å². The quantitative estimate of drug-likeness (QED) is 0.627. The van der Waals surface area contributed by atoms with Crippen molar-refractivity contribution in [3.8, 4) is 0 Å². The third-order valence-electron chi connectivity index (χ3n) is 4.00. The lowest BCUT2D eigenvalue weighted by atomic mass is 10.3. The van der Waals surface area contributed by atoms with Crippen LogP contribution in [0.3, 0.4) is 0 Å². The summed E-state index contributed by atoms with van der Waals surface area (Å²) in [4.78, 5) is 30.9. The number of carbonyl (C=O) groups excluding carboxylic acids is 2. The van der Waals surface area contributed by atoms with Gasteiger partial charge < -0.3 is 20.0 Å². The Balaban J connectivity index is 1.60. The predicted octanol–water partition coefficient (Wildman–Crippen LogP) is 4.11. The summed E-state index contributed by atoms with van der Waals surface area (Å²) in [5.41, 5.74) is 1.06. The van der Waals surface area contributed by atoms with E-state index in [-0.39, 0.29) is 18.0 Å². The third kappa shape index (κ3) is 5.20. The van der Waals surface area contributed by atoms with Gasteiger partial charge in [-0.15, -0.1) is 11.3 Å². The van der Waals surface area contributed by atoms with Crippen LogP contribution in [-0.4, -0.2) is 27.9 Å². The molecule has 2 aromatic heterocycles. The number of benzene rings is 1. The molecule has 0 atom stereocenters. The van der Waals surface area contributed by atoms with Gasteiger partial charge in [-0.25, -0.2) is 9.78 Å². The Morgan fingerprint density at radius 1 is 1.18 bits per heavy atom. The first kappa shape index (κ1) is 19.6. The number of rotatable bonds is 7. The number of nitrogens with one attached hydrogen (secondary N) is 2. The largest absolute Gasteiger partial charge is 0.467 e. The predicted molar refractivity (Wildman–Crippen MR) is 108 cm³/mol. The van der Waals surface area contributed by atoms with Crippen LogP contribution in [-0.2, 0) is 13.1 Å². The molecule has 0 saturated carbocycles. The molecule has 0 aliphatic heterocycles. The summed E-state index contributed by atoms with van der Waals surface area (Å²) >= 11 is 1.35. The van der Waals surface area contributed by atoms with Crippen molar-refractivity contribution in [2.75, 3.05) is 5.32 Å². The molecule has 3 amide bonds. The van der Waals surface area contributed by atoms with Crippen LogP contribution >= 0.6 is 11.3 Å². The van der Waals surface area contributed by atoms with Crippen LogP contribution < -0.4 is 10.6 Å².